The van der Waals surface area contributed by atoms with Crippen LogP contribution in [-0.4, -0.2) is 24.2 Å². The highest BCUT2D eigenvalue weighted by atomic mass is 19.4. The number of benzene rings is 1. The van der Waals surface area contributed by atoms with Crippen molar-refractivity contribution in [3.8, 4) is 11.5 Å². The van der Waals surface area contributed by atoms with Crippen LogP contribution >= 0.6 is 0 Å². The van der Waals surface area contributed by atoms with Crippen molar-refractivity contribution in [3.63, 3.8) is 0 Å². The molecule has 0 heterocycles. The summed E-state index contributed by atoms with van der Waals surface area (Å²) in [5.74, 6) is -1.61. The Bertz CT molecular complexity index is 590. The molecule has 6 heteroatoms. The zero-order chi connectivity index (χ0) is 15.8. The van der Waals surface area contributed by atoms with E-state index in [0.717, 1.165) is 6.08 Å². The molecule has 0 bridgehead atoms. The van der Waals surface area contributed by atoms with Gasteiger partial charge in [-0.25, -0.2) is 0 Å². The highest BCUT2D eigenvalue weighted by molar-refractivity contribution is 5.86. The Balaban J connectivity index is 2.47. The Morgan fingerprint density at radius 3 is 2.57 bits per heavy atom. The van der Waals surface area contributed by atoms with Crippen molar-refractivity contribution in [2.45, 2.75) is 25.4 Å². The standard InChI is InChI=1S/C15H15F3O3/c1-8-11(6-10(7-13(8)20)15(16,17)18)9-3-4-12(19)14(5-9)21-2/h3-6,8,11,19H,7H2,1-2H3. The molecule has 1 aliphatic carbocycles. The monoisotopic (exact) mass is 300 g/mol. The van der Waals surface area contributed by atoms with E-state index in [4.69, 9.17) is 4.74 Å². The molecule has 2 atom stereocenters. The first kappa shape index (κ1) is 15.4. The maximum Gasteiger partial charge on any atom is 0.412 e. The molecule has 0 spiro atoms. The van der Waals surface area contributed by atoms with Gasteiger partial charge in [0.2, 0.25) is 0 Å². The minimum absolute atomic E-state index is 0.101. The van der Waals surface area contributed by atoms with Gasteiger partial charge < -0.3 is 9.84 Å². The Morgan fingerprint density at radius 2 is 2.00 bits per heavy atom. The molecule has 2 unspecified atom stereocenters. The van der Waals surface area contributed by atoms with Gasteiger partial charge in [0.05, 0.1) is 7.11 Å². The molecule has 0 fully saturated rings. The fraction of sp³-hybridized carbons (Fsp3) is 0.400. The van der Waals surface area contributed by atoms with Gasteiger partial charge in [-0.3, -0.25) is 4.79 Å². The number of phenols is 1. The predicted molar refractivity (Wildman–Crippen MR) is 70.3 cm³/mol. The fourth-order valence-corrected chi connectivity index (χ4v) is 2.45. The lowest BCUT2D eigenvalue weighted by molar-refractivity contribution is -0.127. The quantitative estimate of drug-likeness (QED) is 0.849. The average molecular weight is 300 g/mol. The summed E-state index contributed by atoms with van der Waals surface area (Å²) in [6.07, 6.45) is -4.00. The molecule has 0 radical (unpaired) electrons. The minimum atomic E-state index is -4.50. The van der Waals surface area contributed by atoms with E-state index in [1.54, 1.807) is 6.92 Å². The number of Topliss-reactive ketones (excluding diaryl/α,β-unsaturated/α-hetero) is 1. The van der Waals surface area contributed by atoms with Gasteiger partial charge in [0.25, 0.3) is 0 Å². The number of aromatic hydroxyl groups is 1. The fourth-order valence-electron chi connectivity index (χ4n) is 2.45. The van der Waals surface area contributed by atoms with Crippen LogP contribution in [0.5, 0.6) is 11.5 Å². The normalized spacial score (nSPS) is 22.9. The number of alkyl halides is 3. The van der Waals surface area contributed by atoms with Gasteiger partial charge in [0.15, 0.2) is 11.5 Å². The van der Waals surface area contributed by atoms with Gasteiger partial charge >= 0.3 is 6.18 Å². The second-order valence-electron chi connectivity index (χ2n) is 5.08. The number of methoxy groups -OCH3 is 1. The van der Waals surface area contributed by atoms with Crippen molar-refractivity contribution in [2.24, 2.45) is 5.92 Å². The van der Waals surface area contributed by atoms with Crippen molar-refractivity contribution in [1.29, 1.82) is 0 Å². The summed E-state index contributed by atoms with van der Waals surface area (Å²) in [7, 11) is 1.35. The Kier molecular flexibility index (Phi) is 3.98. The molecule has 0 amide bonds. The van der Waals surface area contributed by atoms with E-state index in [2.05, 4.69) is 0 Å². The van der Waals surface area contributed by atoms with E-state index >= 15 is 0 Å². The molecule has 1 aromatic rings. The van der Waals surface area contributed by atoms with Gasteiger partial charge in [0, 0.05) is 23.8 Å². The van der Waals surface area contributed by atoms with Crippen molar-refractivity contribution in [3.05, 3.63) is 35.4 Å². The number of ketones is 1. The molecule has 2 rings (SSSR count). The number of carbonyl (C=O) groups excluding carboxylic acids is 1. The van der Waals surface area contributed by atoms with Crippen molar-refractivity contribution < 1.29 is 27.8 Å². The molecule has 1 N–H and O–H groups in total. The third-order valence-electron chi connectivity index (χ3n) is 3.74. The molecule has 0 aliphatic heterocycles. The van der Waals surface area contributed by atoms with Crippen LogP contribution in [0.15, 0.2) is 29.8 Å². The zero-order valence-corrected chi connectivity index (χ0v) is 11.6. The summed E-state index contributed by atoms with van der Waals surface area (Å²) in [6, 6.07) is 4.31. The van der Waals surface area contributed by atoms with Crippen LogP contribution in [0.2, 0.25) is 0 Å². The van der Waals surface area contributed by atoms with Gasteiger partial charge in [-0.2, -0.15) is 13.2 Å². The van der Waals surface area contributed by atoms with Crippen LogP contribution in [0, 0.1) is 5.92 Å². The number of hydrogen-bond acceptors (Lipinski definition) is 3. The number of ether oxygens (including phenoxy) is 1. The molecule has 114 valence electrons. The lowest BCUT2D eigenvalue weighted by Gasteiger charge is -2.28. The van der Waals surface area contributed by atoms with Crippen LogP contribution in [0.1, 0.15) is 24.8 Å². The van der Waals surface area contributed by atoms with Crippen LogP contribution in [0.4, 0.5) is 13.2 Å². The number of halogens is 3. The van der Waals surface area contributed by atoms with E-state index in [1.165, 1.54) is 25.3 Å². The van der Waals surface area contributed by atoms with E-state index in [0.29, 0.717) is 5.56 Å². The largest absolute Gasteiger partial charge is 0.504 e. The van der Waals surface area contributed by atoms with Crippen LogP contribution in [0.25, 0.3) is 0 Å². The van der Waals surface area contributed by atoms with Crippen LogP contribution < -0.4 is 4.74 Å². The first-order valence-corrected chi connectivity index (χ1v) is 6.41. The number of allylic oxidation sites excluding steroid dienone is 2. The van der Waals surface area contributed by atoms with Gasteiger partial charge in [-0.05, 0) is 17.7 Å². The van der Waals surface area contributed by atoms with Crippen molar-refractivity contribution >= 4 is 5.78 Å². The molecule has 1 aromatic carbocycles. The molecule has 0 saturated heterocycles. The second kappa shape index (κ2) is 5.42. The van der Waals surface area contributed by atoms with Gasteiger partial charge in [0.1, 0.15) is 5.78 Å². The van der Waals surface area contributed by atoms with Crippen molar-refractivity contribution in [1.82, 2.24) is 0 Å². The average Bonchev–Trinajstić information content (AvgIpc) is 2.41. The summed E-state index contributed by atoms with van der Waals surface area (Å²) in [4.78, 5) is 11.8. The number of hydrogen-bond donors (Lipinski definition) is 1. The first-order chi connectivity index (χ1) is 9.74. The molecular formula is C15H15F3O3. The SMILES string of the molecule is COc1cc(C2C=C(C(F)(F)F)CC(=O)C2C)ccc1O. The lowest BCUT2D eigenvalue weighted by Crippen LogP contribution is -2.28. The summed E-state index contributed by atoms with van der Waals surface area (Å²) in [5.41, 5.74) is -0.311. The summed E-state index contributed by atoms with van der Waals surface area (Å²) in [5, 5.41) is 9.55. The Morgan fingerprint density at radius 1 is 1.33 bits per heavy atom. The number of phenolic OH excluding ortho intramolecular Hbond substituents is 1. The molecule has 1 aliphatic rings. The minimum Gasteiger partial charge on any atom is -0.504 e. The third kappa shape index (κ3) is 3.04. The number of carbonyl (C=O) groups is 1. The smallest absolute Gasteiger partial charge is 0.412 e. The van der Waals surface area contributed by atoms with E-state index in [-0.39, 0.29) is 11.5 Å². The third-order valence-corrected chi connectivity index (χ3v) is 3.74. The first-order valence-electron chi connectivity index (χ1n) is 6.41. The van der Waals surface area contributed by atoms with Crippen LogP contribution in [-0.2, 0) is 4.79 Å². The van der Waals surface area contributed by atoms with E-state index < -0.39 is 35.8 Å². The molecule has 3 nitrogen and oxygen atoms in total. The maximum absolute atomic E-state index is 12.9. The highest BCUT2D eigenvalue weighted by Crippen LogP contribution is 2.41. The van der Waals surface area contributed by atoms with Crippen molar-refractivity contribution in [2.75, 3.05) is 7.11 Å². The Labute approximate surface area is 120 Å². The molecule has 21 heavy (non-hydrogen) atoms. The second-order valence-corrected chi connectivity index (χ2v) is 5.08. The summed E-state index contributed by atoms with van der Waals surface area (Å²) < 4.78 is 43.5. The summed E-state index contributed by atoms with van der Waals surface area (Å²) >= 11 is 0. The lowest BCUT2D eigenvalue weighted by atomic mass is 9.77. The van der Waals surface area contributed by atoms with Gasteiger partial charge in [-0.1, -0.05) is 19.1 Å². The molecule has 0 aromatic heterocycles. The predicted octanol–water partition coefficient (Wildman–Crippen LogP) is 3.58. The zero-order valence-electron chi connectivity index (χ0n) is 11.6. The summed E-state index contributed by atoms with van der Waals surface area (Å²) in [6.45, 7) is 1.61. The topological polar surface area (TPSA) is 46.5 Å². The van der Waals surface area contributed by atoms with E-state index in [1.807, 2.05) is 0 Å². The van der Waals surface area contributed by atoms with Gasteiger partial charge in [-0.15, -0.1) is 0 Å². The molecular weight excluding hydrogens is 285 g/mol. The Hall–Kier alpha value is -1.98. The van der Waals surface area contributed by atoms with Crippen LogP contribution in [0.3, 0.4) is 0 Å². The molecule has 0 saturated carbocycles. The number of rotatable bonds is 2. The highest BCUT2D eigenvalue weighted by Gasteiger charge is 2.41. The van der Waals surface area contributed by atoms with E-state index in [9.17, 15) is 23.1 Å². The maximum atomic E-state index is 12.9.